The van der Waals surface area contributed by atoms with Crippen molar-refractivity contribution in [1.82, 2.24) is 0 Å². The summed E-state index contributed by atoms with van der Waals surface area (Å²) in [5, 5.41) is 0.478. The Labute approximate surface area is 113 Å². The van der Waals surface area contributed by atoms with Crippen molar-refractivity contribution < 1.29 is 17.6 Å². The second-order valence-electron chi connectivity index (χ2n) is 4.60. The predicted octanol–water partition coefficient (Wildman–Crippen LogP) is 5.04. The molecule has 0 aliphatic rings. The van der Waals surface area contributed by atoms with E-state index in [1.165, 1.54) is 6.07 Å². The molecule has 4 heteroatoms. The normalized spacial score (nSPS) is 11.9. The van der Waals surface area contributed by atoms with Crippen LogP contribution >= 0.6 is 0 Å². The fourth-order valence-corrected chi connectivity index (χ4v) is 2.22. The van der Waals surface area contributed by atoms with Gasteiger partial charge in [-0.05, 0) is 17.7 Å². The third kappa shape index (κ3) is 2.41. The monoisotopic (exact) mass is 276 g/mol. The van der Waals surface area contributed by atoms with Gasteiger partial charge in [0, 0.05) is 11.8 Å². The van der Waals surface area contributed by atoms with Crippen LogP contribution in [0, 0.1) is 0 Å². The number of hydrogen-bond acceptors (Lipinski definition) is 1. The summed E-state index contributed by atoms with van der Waals surface area (Å²) in [6, 6.07) is 15.2. The van der Waals surface area contributed by atoms with E-state index in [1.54, 1.807) is 12.1 Å². The zero-order valence-corrected chi connectivity index (χ0v) is 10.4. The maximum absolute atomic E-state index is 12.9. The molecule has 0 radical (unpaired) electrons. The number of alkyl halides is 3. The highest BCUT2D eigenvalue weighted by Gasteiger charge is 2.34. The van der Waals surface area contributed by atoms with Crippen LogP contribution in [0.1, 0.15) is 16.9 Å². The quantitative estimate of drug-likeness (QED) is 0.639. The summed E-state index contributed by atoms with van der Waals surface area (Å²) in [5.41, 5.74) is 0.181. The summed E-state index contributed by atoms with van der Waals surface area (Å²) >= 11 is 0. The lowest BCUT2D eigenvalue weighted by atomic mass is 10.1. The van der Waals surface area contributed by atoms with Gasteiger partial charge >= 0.3 is 6.18 Å². The van der Waals surface area contributed by atoms with Crippen molar-refractivity contribution in [3.05, 3.63) is 71.5 Å². The SMILES string of the molecule is FC(F)(F)c1cccc2cc(Cc3ccccc3)oc12. The summed E-state index contributed by atoms with van der Waals surface area (Å²) in [6.07, 6.45) is -3.92. The number of halogens is 3. The lowest BCUT2D eigenvalue weighted by Gasteiger charge is -2.06. The fourth-order valence-electron chi connectivity index (χ4n) is 2.22. The lowest BCUT2D eigenvalue weighted by Crippen LogP contribution is -2.04. The molecule has 102 valence electrons. The van der Waals surface area contributed by atoms with Crippen LogP contribution in [-0.2, 0) is 12.6 Å². The van der Waals surface area contributed by atoms with Crippen LogP contribution < -0.4 is 0 Å². The third-order valence-electron chi connectivity index (χ3n) is 3.12. The smallest absolute Gasteiger partial charge is 0.420 e. The first-order valence-corrected chi connectivity index (χ1v) is 6.16. The highest BCUT2D eigenvalue weighted by molar-refractivity contribution is 5.81. The predicted molar refractivity (Wildman–Crippen MR) is 70.5 cm³/mol. The van der Waals surface area contributed by atoms with Gasteiger partial charge in [0.2, 0.25) is 0 Å². The van der Waals surface area contributed by atoms with Gasteiger partial charge in [-0.25, -0.2) is 0 Å². The van der Waals surface area contributed by atoms with E-state index < -0.39 is 11.7 Å². The average molecular weight is 276 g/mol. The van der Waals surface area contributed by atoms with Gasteiger partial charge in [0.25, 0.3) is 0 Å². The van der Waals surface area contributed by atoms with Crippen LogP contribution in [0.5, 0.6) is 0 Å². The summed E-state index contributed by atoms with van der Waals surface area (Å²) in [6.45, 7) is 0. The van der Waals surface area contributed by atoms with Crippen molar-refractivity contribution in [3.8, 4) is 0 Å². The van der Waals surface area contributed by atoms with Crippen molar-refractivity contribution in [3.63, 3.8) is 0 Å². The van der Waals surface area contributed by atoms with Crippen LogP contribution in [0.2, 0.25) is 0 Å². The maximum Gasteiger partial charge on any atom is 0.420 e. The van der Waals surface area contributed by atoms with Gasteiger partial charge in [0.15, 0.2) is 0 Å². The molecule has 2 aromatic carbocycles. The van der Waals surface area contributed by atoms with Crippen LogP contribution in [-0.4, -0.2) is 0 Å². The van der Waals surface area contributed by atoms with Crippen LogP contribution in [0.15, 0.2) is 59.0 Å². The molecule has 3 aromatic rings. The first-order valence-electron chi connectivity index (χ1n) is 6.16. The molecular weight excluding hydrogens is 265 g/mol. The zero-order valence-electron chi connectivity index (χ0n) is 10.4. The Hall–Kier alpha value is -2.23. The Balaban J connectivity index is 2.03. The van der Waals surface area contributed by atoms with E-state index in [4.69, 9.17) is 4.42 Å². The Morgan fingerprint density at radius 3 is 2.35 bits per heavy atom. The highest BCUT2D eigenvalue weighted by Crippen LogP contribution is 2.36. The van der Waals surface area contributed by atoms with Gasteiger partial charge in [-0.3, -0.25) is 0 Å². The van der Waals surface area contributed by atoms with Crippen molar-refractivity contribution >= 4 is 11.0 Å². The van der Waals surface area contributed by atoms with Gasteiger partial charge in [-0.1, -0.05) is 42.5 Å². The number of furan rings is 1. The molecule has 0 spiro atoms. The zero-order chi connectivity index (χ0) is 14.2. The number of fused-ring (bicyclic) bond motifs is 1. The second-order valence-corrected chi connectivity index (χ2v) is 4.60. The fraction of sp³-hybridized carbons (Fsp3) is 0.125. The lowest BCUT2D eigenvalue weighted by molar-refractivity contribution is -0.136. The minimum Gasteiger partial charge on any atom is -0.460 e. The van der Waals surface area contributed by atoms with Gasteiger partial charge in [-0.2, -0.15) is 13.2 Å². The molecule has 20 heavy (non-hydrogen) atoms. The molecule has 3 rings (SSSR count). The summed E-state index contributed by atoms with van der Waals surface area (Å²) < 4.78 is 44.1. The summed E-state index contributed by atoms with van der Waals surface area (Å²) in [7, 11) is 0. The standard InChI is InChI=1S/C16H11F3O/c17-16(18,19)14-8-4-7-12-10-13(20-15(12)14)9-11-5-2-1-3-6-11/h1-8,10H,9H2. The minimum absolute atomic E-state index is 0.0917. The number of benzene rings is 2. The highest BCUT2D eigenvalue weighted by atomic mass is 19.4. The molecule has 0 amide bonds. The van der Waals surface area contributed by atoms with E-state index >= 15 is 0 Å². The average Bonchev–Trinajstić information content (AvgIpc) is 2.80. The van der Waals surface area contributed by atoms with E-state index in [1.807, 2.05) is 30.3 Å². The Kier molecular flexibility index (Phi) is 3.01. The molecule has 1 nitrogen and oxygen atoms in total. The first kappa shape index (κ1) is 12.8. The van der Waals surface area contributed by atoms with Crippen LogP contribution in [0.25, 0.3) is 11.0 Å². The maximum atomic E-state index is 12.9. The third-order valence-corrected chi connectivity index (χ3v) is 3.12. The molecule has 0 aliphatic heterocycles. The molecule has 0 atom stereocenters. The number of hydrogen-bond donors (Lipinski definition) is 0. The van der Waals surface area contributed by atoms with Crippen LogP contribution in [0.3, 0.4) is 0 Å². The van der Waals surface area contributed by atoms with E-state index in [-0.39, 0.29) is 5.58 Å². The van der Waals surface area contributed by atoms with E-state index in [0.717, 1.165) is 11.6 Å². The molecule has 0 fully saturated rings. The largest absolute Gasteiger partial charge is 0.460 e. The molecule has 1 heterocycles. The minimum atomic E-state index is -4.40. The Morgan fingerprint density at radius 1 is 0.900 bits per heavy atom. The molecule has 0 saturated heterocycles. The number of rotatable bonds is 2. The number of para-hydroxylation sites is 1. The topological polar surface area (TPSA) is 13.1 Å². The molecule has 0 aliphatic carbocycles. The summed E-state index contributed by atoms with van der Waals surface area (Å²) in [4.78, 5) is 0. The molecule has 1 aromatic heterocycles. The van der Waals surface area contributed by atoms with Gasteiger partial charge in [0.05, 0.1) is 5.56 Å². The summed E-state index contributed by atoms with van der Waals surface area (Å²) in [5.74, 6) is 0.530. The molecular formula is C16H11F3O. The second kappa shape index (κ2) is 4.71. The van der Waals surface area contributed by atoms with Crippen molar-refractivity contribution in [2.24, 2.45) is 0 Å². The van der Waals surface area contributed by atoms with Gasteiger partial charge in [-0.15, -0.1) is 0 Å². The van der Waals surface area contributed by atoms with E-state index in [9.17, 15) is 13.2 Å². The Bertz CT molecular complexity index is 726. The van der Waals surface area contributed by atoms with Crippen molar-refractivity contribution in [1.29, 1.82) is 0 Å². The van der Waals surface area contributed by atoms with E-state index in [0.29, 0.717) is 17.6 Å². The van der Waals surface area contributed by atoms with Crippen LogP contribution in [0.4, 0.5) is 13.2 Å². The molecule has 0 N–H and O–H groups in total. The molecule has 0 unspecified atom stereocenters. The van der Waals surface area contributed by atoms with Crippen molar-refractivity contribution in [2.75, 3.05) is 0 Å². The van der Waals surface area contributed by atoms with Gasteiger partial charge in [0.1, 0.15) is 11.3 Å². The first-order chi connectivity index (χ1) is 9.54. The van der Waals surface area contributed by atoms with Gasteiger partial charge < -0.3 is 4.42 Å². The van der Waals surface area contributed by atoms with Crippen molar-refractivity contribution in [2.45, 2.75) is 12.6 Å². The molecule has 0 saturated carbocycles. The molecule has 0 bridgehead atoms. The Morgan fingerprint density at radius 2 is 1.65 bits per heavy atom. The van der Waals surface area contributed by atoms with E-state index in [2.05, 4.69) is 0 Å².